The van der Waals surface area contributed by atoms with E-state index in [0.29, 0.717) is 12.1 Å². The molecule has 1 aliphatic carbocycles. The maximum Gasteiger partial charge on any atom is 0.0236 e. The van der Waals surface area contributed by atoms with Crippen LogP contribution in [0, 0.1) is 5.92 Å². The van der Waals surface area contributed by atoms with Crippen molar-refractivity contribution in [3.05, 3.63) is 0 Å². The van der Waals surface area contributed by atoms with Gasteiger partial charge in [0.2, 0.25) is 0 Å². The summed E-state index contributed by atoms with van der Waals surface area (Å²) in [5.74, 6) is 0.824. The fraction of sp³-hybridized carbons (Fsp3) is 1.00. The maximum atomic E-state index is 5.67. The third-order valence-electron chi connectivity index (χ3n) is 2.21. The van der Waals surface area contributed by atoms with Gasteiger partial charge in [0.05, 0.1) is 0 Å². The molecule has 2 nitrogen and oxygen atoms in total. The Labute approximate surface area is 43.1 Å². The Kier molecular flexibility index (Phi) is 0.557. The highest BCUT2D eigenvalue weighted by Crippen LogP contribution is 2.31. The molecule has 0 aromatic heterocycles. The van der Waals surface area contributed by atoms with E-state index in [1.54, 1.807) is 0 Å². The fourth-order valence-electron chi connectivity index (χ4n) is 1.51. The lowest BCUT2D eigenvalue weighted by Gasteiger charge is -2.30. The van der Waals surface area contributed by atoms with E-state index in [1.165, 1.54) is 13.0 Å². The van der Waals surface area contributed by atoms with Crippen LogP contribution in [0.25, 0.3) is 0 Å². The molecule has 3 rings (SSSR count). The average Bonchev–Trinajstić information content (AvgIpc) is 2.18. The number of hydrogen-bond acceptors (Lipinski definition) is 2. The molecule has 0 aromatic carbocycles. The zero-order valence-corrected chi connectivity index (χ0v) is 4.22. The zero-order valence-electron chi connectivity index (χ0n) is 4.22. The number of rotatable bonds is 0. The van der Waals surface area contributed by atoms with Gasteiger partial charge in [-0.25, -0.2) is 0 Å². The van der Waals surface area contributed by atoms with Gasteiger partial charge in [0.15, 0.2) is 0 Å². The predicted octanol–water partition coefficient (Wildman–Crippen LogP) is -0.695. The Morgan fingerprint density at radius 3 is 2.57 bits per heavy atom. The summed E-state index contributed by atoms with van der Waals surface area (Å²) >= 11 is 0. The van der Waals surface area contributed by atoms with Crippen LogP contribution in [0.15, 0.2) is 0 Å². The average molecular weight is 98.1 g/mol. The van der Waals surface area contributed by atoms with E-state index in [0.717, 1.165) is 5.92 Å². The lowest BCUT2D eigenvalue weighted by molar-refractivity contribution is 0.304. The molecule has 0 radical (unpaired) electrons. The molecule has 40 valence electrons. The molecule has 3 atom stereocenters. The van der Waals surface area contributed by atoms with E-state index in [4.69, 9.17) is 5.73 Å². The van der Waals surface area contributed by atoms with E-state index in [1.807, 2.05) is 0 Å². The molecular formula is C5H10N2. The highest BCUT2D eigenvalue weighted by molar-refractivity contribution is 5.04. The maximum absolute atomic E-state index is 5.67. The highest BCUT2D eigenvalue weighted by atomic mass is 15.1. The van der Waals surface area contributed by atoms with Crippen LogP contribution in [0.5, 0.6) is 0 Å². The molecule has 3 N–H and O–H groups in total. The van der Waals surface area contributed by atoms with Gasteiger partial charge in [0.25, 0.3) is 0 Å². The van der Waals surface area contributed by atoms with Crippen LogP contribution in [-0.4, -0.2) is 18.6 Å². The molecule has 1 saturated carbocycles. The normalized spacial score (nSPS) is 57.0. The third kappa shape index (κ3) is 0.318. The van der Waals surface area contributed by atoms with Crippen molar-refractivity contribution in [3.8, 4) is 0 Å². The number of nitrogens with one attached hydrogen (secondary N) is 1. The van der Waals surface area contributed by atoms with Crippen LogP contribution in [0.3, 0.4) is 0 Å². The van der Waals surface area contributed by atoms with Gasteiger partial charge in [-0.05, 0) is 18.9 Å². The minimum Gasteiger partial charge on any atom is -0.326 e. The van der Waals surface area contributed by atoms with Crippen LogP contribution in [-0.2, 0) is 0 Å². The van der Waals surface area contributed by atoms with Crippen LogP contribution >= 0.6 is 0 Å². The minimum absolute atomic E-state index is 0.500. The van der Waals surface area contributed by atoms with Crippen molar-refractivity contribution in [3.63, 3.8) is 0 Å². The first kappa shape index (κ1) is 3.87. The van der Waals surface area contributed by atoms with E-state index in [2.05, 4.69) is 5.32 Å². The summed E-state index contributed by atoms with van der Waals surface area (Å²) in [5.41, 5.74) is 5.67. The van der Waals surface area contributed by atoms with Gasteiger partial charge in [0, 0.05) is 12.1 Å². The van der Waals surface area contributed by atoms with Gasteiger partial charge in [-0.3, -0.25) is 0 Å². The summed E-state index contributed by atoms with van der Waals surface area (Å²) in [6.07, 6.45) is 1.33. The summed E-state index contributed by atoms with van der Waals surface area (Å²) in [6.45, 7) is 1.17. The van der Waals surface area contributed by atoms with Crippen LogP contribution in [0.4, 0.5) is 0 Å². The van der Waals surface area contributed by atoms with Crippen molar-refractivity contribution in [2.75, 3.05) is 6.54 Å². The fourth-order valence-corrected chi connectivity index (χ4v) is 1.51. The predicted molar refractivity (Wildman–Crippen MR) is 27.9 cm³/mol. The Morgan fingerprint density at radius 2 is 2.43 bits per heavy atom. The van der Waals surface area contributed by atoms with Crippen molar-refractivity contribution in [2.24, 2.45) is 11.7 Å². The summed E-state index contributed by atoms with van der Waals surface area (Å²) in [7, 11) is 0. The van der Waals surface area contributed by atoms with Crippen molar-refractivity contribution in [1.82, 2.24) is 5.32 Å². The SMILES string of the molecule is NC1C2CNC1C2. The van der Waals surface area contributed by atoms with Gasteiger partial charge in [0.1, 0.15) is 0 Å². The quantitative estimate of drug-likeness (QED) is 0.420. The molecule has 2 heteroatoms. The van der Waals surface area contributed by atoms with Crippen molar-refractivity contribution < 1.29 is 0 Å². The van der Waals surface area contributed by atoms with Crippen LogP contribution in [0.1, 0.15) is 6.42 Å². The Morgan fingerprint density at radius 1 is 1.57 bits per heavy atom. The molecular weight excluding hydrogens is 88.1 g/mol. The second-order valence-electron chi connectivity index (χ2n) is 2.59. The lowest BCUT2D eigenvalue weighted by atomic mass is 9.81. The van der Waals surface area contributed by atoms with Gasteiger partial charge in [-0.1, -0.05) is 0 Å². The second kappa shape index (κ2) is 1.01. The standard InChI is InChI=1S/C5H10N2/c6-5-3-1-4(5)7-2-3/h3-5,7H,1-2,6H2. The smallest absolute Gasteiger partial charge is 0.0236 e. The molecule has 0 spiro atoms. The molecule has 0 aromatic rings. The minimum atomic E-state index is 0.500. The molecule has 2 heterocycles. The molecule has 0 amide bonds. The lowest BCUT2D eigenvalue weighted by Crippen LogP contribution is -2.48. The Hall–Kier alpha value is -0.0800. The largest absolute Gasteiger partial charge is 0.326 e. The summed E-state index contributed by atoms with van der Waals surface area (Å²) in [6, 6.07) is 1.19. The van der Waals surface area contributed by atoms with Crippen LogP contribution in [0.2, 0.25) is 0 Å². The van der Waals surface area contributed by atoms with Crippen molar-refractivity contribution >= 4 is 0 Å². The number of hydrogen-bond donors (Lipinski definition) is 2. The molecule has 7 heavy (non-hydrogen) atoms. The number of fused-ring (bicyclic) bond motifs is 1. The third-order valence-corrected chi connectivity index (χ3v) is 2.21. The van der Waals surface area contributed by atoms with Crippen molar-refractivity contribution in [2.45, 2.75) is 18.5 Å². The first-order valence-corrected chi connectivity index (χ1v) is 2.87. The summed E-state index contributed by atoms with van der Waals surface area (Å²) in [4.78, 5) is 0. The first-order valence-electron chi connectivity index (χ1n) is 2.87. The summed E-state index contributed by atoms with van der Waals surface area (Å²) < 4.78 is 0. The second-order valence-corrected chi connectivity index (χ2v) is 2.59. The monoisotopic (exact) mass is 98.1 g/mol. The molecule has 2 bridgehead atoms. The molecule has 3 aliphatic rings. The highest BCUT2D eigenvalue weighted by Gasteiger charge is 2.43. The van der Waals surface area contributed by atoms with Crippen LogP contribution < -0.4 is 11.1 Å². The van der Waals surface area contributed by atoms with Gasteiger partial charge in [-0.2, -0.15) is 0 Å². The summed E-state index contributed by atoms with van der Waals surface area (Å²) in [5, 5.41) is 3.32. The van der Waals surface area contributed by atoms with Gasteiger partial charge < -0.3 is 11.1 Å². The van der Waals surface area contributed by atoms with Crippen molar-refractivity contribution in [1.29, 1.82) is 0 Å². The Bertz CT molecular complexity index is 78.1. The van der Waals surface area contributed by atoms with Gasteiger partial charge >= 0.3 is 0 Å². The van der Waals surface area contributed by atoms with E-state index < -0.39 is 0 Å². The van der Waals surface area contributed by atoms with E-state index >= 15 is 0 Å². The topological polar surface area (TPSA) is 38.0 Å². The molecule has 2 saturated heterocycles. The molecule has 3 fully saturated rings. The van der Waals surface area contributed by atoms with E-state index in [-0.39, 0.29) is 0 Å². The first-order chi connectivity index (χ1) is 3.38. The zero-order chi connectivity index (χ0) is 4.85. The number of nitrogens with two attached hydrogens (primary N) is 1. The van der Waals surface area contributed by atoms with Gasteiger partial charge in [-0.15, -0.1) is 0 Å². The van der Waals surface area contributed by atoms with E-state index in [9.17, 15) is 0 Å². The molecule has 2 aliphatic heterocycles. The Balaban J connectivity index is 2.14. The molecule has 3 unspecified atom stereocenters.